The van der Waals surface area contributed by atoms with Crippen LogP contribution in [0.25, 0.3) is 0 Å². The van der Waals surface area contributed by atoms with Gasteiger partial charge in [0.1, 0.15) is 5.54 Å². The summed E-state index contributed by atoms with van der Waals surface area (Å²) in [5.74, 6) is -1.82. The molecular weight excluding hydrogens is 272 g/mol. The van der Waals surface area contributed by atoms with Gasteiger partial charge in [0.15, 0.2) is 5.84 Å². The number of rotatable bonds is 3. The van der Waals surface area contributed by atoms with Crippen LogP contribution in [0.15, 0.2) is 23.2 Å². The number of carbonyl (C=O) groups excluding carboxylic acids is 1. The van der Waals surface area contributed by atoms with Crippen LogP contribution < -0.4 is 0 Å². The molecule has 0 radical (unpaired) electrons. The molecule has 1 unspecified atom stereocenters. The van der Waals surface area contributed by atoms with Gasteiger partial charge in [-0.05, 0) is 31.4 Å². The van der Waals surface area contributed by atoms with Crippen molar-refractivity contribution in [2.75, 3.05) is 0 Å². The number of benzene rings is 1. The fourth-order valence-electron chi connectivity index (χ4n) is 2.31. The molecule has 0 spiro atoms. The average molecular weight is 290 g/mol. The molecule has 0 saturated heterocycles. The van der Waals surface area contributed by atoms with E-state index in [4.69, 9.17) is 0 Å². The third-order valence-electron chi connectivity index (χ3n) is 4.02. The third-order valence-corrected chi connectivity index (χ3v) is 4.02. The fraction of sp³-hybridized carbons (Fsp3) is 0.400. The predicted octanol–water partition coefficient (Wildman–Crippen LogP) is 2.09. The molecule has 0 fully saturated rings. The summed E-state index contributed by atoms with van der Waals surface area (Å²) >= 11 is 0. The number of carbonyl (C=O) groups is 2. The van der Waals surface area contributed by atoms with Crippen molar-refractivity contribution >= 4 is 17.7 Å². The first-order valence-corrected chi connectivity index (χ1v) is 6.66. The lowest BCUT2D eigenvalue weighted by Gasteiger charge is -2.22. The molecule has 0 aliphatic carbocycles. The molecule has 0 saturated carbocycles. The fourth-order valence-corrected chi connectivity index (χ4v) is 2.31. The minimum Gasteiger partial charge on any atom is -0.478 e. The summed E-state index contributed by atoms with van der Waals surface area (Å²) in [7, 11) is 0. The van der Waals surface area contributed by atoms with Crippen LogP contribution in [0.4, 0.5) is 0 Å². The molecule has 1 heterocycles. The summed E-state index contributed by atoms with van der Waals surface area (Å²) in [6.45, 7) is 7.00. The number of hydrogen-bond acceptors (Lipinski definition) is 4. The smallest absolute Gasteiger partial charge is 0.336 e. The molecule has 2 rings (SSSR count). The van der Waals surface area contributed by atoms with Crippen LogP contribution in [0.3, 0.4) is 0 Å². The zero-order valence-corrected chi connectivity index (χ0v) is 12.4. The molecule has 0 aromatic heterocycles. The lowest BCUT2D eigenvalue weighted by atomic mass is 9.89. The van der Waals surface area contributed by atoms with E-state index in [0.717, 1.165) is 0 Å². The van der Waals surface area contributed by atoms with Gasteiger partial charge in [-0.25, -0.2) is 9.79 Å². The van der Waals surface area contributed by atoms with Crippen molar-refractivity contribution in [2.24, 2.45) is 10.9 Å². The second kappa shape index (κ2) is 4.96. The van der Waals surface area contributed by atoms with E-state index in [1.54, 1.807) is 26.0 Å². The molecule has 1 atom stereocenters. The highest BCUT2D eigenvalue weighted by Crippen LogP contribution is 2.32. The van der Waals surface area contributed by atoms with Crippen LogP contribution in [0.5, 0.6) is 0 Å². The number of nitrogens with zero attached hydrogens (tertiary/aromatic N) is 2. The Morgan fingerprint density at radius 1 is 1.38 bits per heavy atom. The van der Waals surface area contributed by atoms with Gasteiger partial charge in [0, 0.05) is 5.56 Å². The van der Waals surface area contributed by atoms with Crippen LogP contribution in [0.1, 0.15) is 42.3 Å². The van der Waals surface area contributed by atoms with Crippen LogP contribution in [-0.4, -0.2) is 38.6 Å². The Labute approximate surface area is 122 Å². The Bertz CT molecular complexity index is 651. The van der Waals surface area contributed by atoms with Crippen LogP contribution >= 0.6 is 0 Å². The number of carboxylic acids is 1. The number of aromatic carboxylic acids is 1. The molecule has 112 valence electrons. The number of carboxylic acid groups (broad SMARTS) is 1. The molecular formula is C15H18N2O4. The Kier molecular flexibility index (Phi) is 3.59. The topological polar surface area (TPSA) is 90.2 Å². The van der Waals surface area contributed by atoms with Gasteiger partial charge < -0.3 is 5.11 Å². The number of amidine groups is 1. The summed E-state index contributed by atoms with van der Waals surface area (Å²) < 4.78 is 0. The van der Waals surface area contributed by atoms with Crippen molar-refractivity contribution < 1.29 is 19.9 Å². The lowest BCUT2D eigenvalue weighted by molar-refractivity contribution is -0.152. The van der Waals surface area contributed by atoms with Gasteiger partial charge in [-0.15, -0.1) is 0 Å². The first-order chi connectivity index (χ1) is 9.70. The van der Waals surface area contributed by atoms with E-state index in [9.17, 15) is 19.9 Å². The molecule has 6 nitrogen and oxygen atoms in total. The van der Waals surface area contributed by atoms with Gasteiger partial charge >= 0.3 is 5.97 Å². The molecule has 1 aromatic carbocycles. The van der Waals surface area contributed by atoms with Crippen LogP contribution in [-0.2, 0) is 4.79 Å². The molecule has 1 amide bonds. The van der Waals surface area contributed by atoms with Gasteiger partial charge in [-0.2, -0.15) is 5.06 Å². The van der Waals surface area contributed by atoms with E-state index >= 15 is 0 Å². The highest BCUT2D eigenvalue weighted by atomic mass is 16.5. The van der Waals surface area contributed by atoms with E-state index in [-0.39, 0.29) is 22.9 Å². The average Bonchev–Trinajstić information content (AvgIpc) is 2.64. The quantitative estimate of drug-likeness (QED) is 0.834. The van der Waals surface area contributed by atoms with Crippen molar-refractivity contribution in [3.05, 3.63) is 34.9 Å². The first kappa shape index (κ1) is 15.2. The molecule has 6 heteroatoms. The van der Waals surface area contributed by atoms with E-state index in [1.165, 1.54) is 6.07 Å². The number of hydroxylamine groups is 2. The second-order valence-corrected chi connectivity index (χ2v) is 5.66. The van der Waals surface area contributed by atoms with E-state index in [2.05, 4.69) is 4.99 Å². The molecule has 2 N–H and O–H groups in total. The largest absolute Gasteiger partial charge is 0.478 e. The zero-order chi connectivity index (χ0) is 15.9. The summed E-state index contributed by atoms with van der Waals surface area (Å²) in [5, 5.41) is 19.9. The summed E-state index contributed by atoms with van der Waals surface area (Å²) in [5.41, 5.74) is -0.186. The van der Waals surface area contributed by atoms with Gasteiger partial charge in [0.2, 0.25) is 0 Å². The summed E-state index contributed by atoms with van der Waals surface area (Å²) in [4.78, 5) is 28.0. The number of hydrogen-bond donors (Lipinski definition) is 2. The maximum atomic E-state index is 12.3. The minimum absolute atomic E-state index is 0.00769. The normalized spacial score (nSPS) is 21.9. The van der Waals surface area contributed by atoms with Gasteiger partial charge in [-0.3, -0.25) is 10.0 Å². The third kappa shape index (κ3) is 2.21. The second-order valence-electron chi connectivity index (χ2n) is 5.66. The summed E-state index contributed by atoms with van der Waals surface area (Å²) in [6, 6.07) is 4.76. The van der Waals surface area contributed by atoms with Crippen molar-refractivity contribution in [3.8, 4) is 0 Å². The van der Waals surface area contributed by atoms with E-state index in [1.807, 2.05) is 13.8 Å². The van der Waals surface area contributed by atoms with Crippen molar-refractivity contribution in [2.45, 2.75) is 33.2 Å². The number of aryl methyl sites for hydroxylation is 1. The monoisotopic (exact) mass is 290 g/mol. The Balaban J connectivity index is 2.68. The standard InChI is InChI=1S/C15H18N2O4/c1-8(2)15(4)14(20)17(21)12(16-15)11-9(3)6-5-7-10(11)13(18)19/h5-8,21H,1-4H3,(H,18,19). The van der Waals surface area contributed by atoms with Crippen molar-refractivity contribution in [1.29, 1.82) is 0 Å². The van der Waals surface area contributed by atoms with Gasteiger partial charge in [-0.1, -0.05) is 26.0 Å². The molecule has 1 aromatic rings. The Morgan fingerprint density at radius 2 is 2.00 bits per heavy atom. The maximum absolute atomic E-state index is 12.3. The SMILES string of the molecule is Cc1cccc(C(=O)O)c1C1=NC(C)(C(C)C)C(=O)N1O. The highest BCUT2D eigenvalue weighted by Gasteiger charge is 2.47. The van der Waals surface area contributed by atoms with E-state index in [0.29, 0.717) is 10.6 Å². The number of aliphatic imine (C=N–C) groups is 1. The first-order valence-electron chi connectivity index (χ1n) is 6.66. The Morgan fingerprint density at radius 3 is 2.48 bits per heavy atom. The van der Waals surface area contributed by atoms with Crippen molar-refractivity contribution in [1.82, 2.24) is 5.06 Å². The predicted molar refractivity (Wildman–Crippen MR) is 76.6 cm³/mol. The number of amides is 1. The van der Waals surface area contributed by atoms with Crippen molar-refractivity contribution in [3.63, 3.8) is 0 Å². The van der Waals surface area contributed by atoms with E-state index < -0.39 is 17.4 Å². The minimum atomic E-state index is -1.13. The maximum Gasteiger partial charge on any atom is 0.336 e. The summed E-state index contributed by atoms with van der Waals surface area (Å²) in [6.07, 6.45) is 0. The Hall–Kier alpha value is -2.21. The molecule has 1 aliphatic heterocycles. The van der Waals surface area contributed by atoms with Crippen LogP contribution in [0, 0.1) is 12.8 Å². The van der Waals surface area contributed by atoms with Gasteiger partial charge in [0.25, 0.3) is 5.91 Å². The zero-order valence-electron chi connectivity index (χ0n) is 12.4. The molecule has 0 bridgehead atoms. The molecule has 1 aliphatic rings. The molecule has 21 heavy (non-hydrogen) atoms. The lowest BCUT2D eigenvalue weighted by Crippen LogP contribution is -2.42. The highest BCUT2D eigenvalue weighted by molar-refractivity contribution is 6.18. The van der Waals surface area contributed by atoms with Gasteiger partial charge in [0.05, 0.1) is 5.56 Å². The van der Waals surface area contributed by atoms with Crippen LogP contribution in [0.2, 0.25) is 0 Å².